The molecule has 0 aliphatic carbocycles. The lowest BCUT2D eigenvalue weighted by Crippen LogP contribution is -2.22. The molecule has 3 aromatic heterocycles. The molecule has 1 aliphatic rings. The average molecular weight is 283 g/mol. The first-order chi connectivity index (χ1) is 10.2. The third-order valence-electron chi connectivity index (χ3n) is 4.08. The number of rotatable bonds is 2. The molecule has 7 heteroatoms. The highest BCUT2D eigenvalue weighted by Gasteiger charge is 2.27. The van der Waals surface area contributed by atoms with Crippen LogP contribution in [-0.4, -0.2) is 42.6 Å². The van der Waals surface area contributed by atoms with Crippen LogP contribution < -0.4 is 4.90 Å². The predicted octanol–water partition coefficient (Wildman–Crippen LogP) is 1.32. The van der Waals surface area contributed by atoms with Crippen LogP contribution in [0.3, 0.4) is 0 Å². The molecule has 21 heavy (non-hydrogen) atoms. The van der Waals surface area contributed by atoms with Crippen molar-refractivity contribution in [3.8, 4) is 0 Å². The number of nitrogens with zero attached hydrogens (tertiary/aromatic N) is 7. The smallest absolute Gasteiger partial charge is 0.163 e. The van der Waals surface area contributed by atoms with Crippen LogP contribution in [0.2, 0.25) is 0 Å². The van der Waals surface area contributed by atoms with Gasteiger partial charge < -0.3 is 4.90 Å². The van der Waals surface area contributed by atoms with Crippen LogP contribution in [0, 0.1) is 6.92 Å². The van der Waals surface area contributed by atoms with Crippen molar-refractivity contribution in [3.05, 3.63) is 30.5 Å². The second-order valence-corrected chi connectivity index (χ2v) is 5.59. The van der Waals surface area contributed by atoms with Crippen molar-refractivity contribution in [2.45, 2.75) is 19.4 Å². The van der Waals surface area contributed by atoms with Gasteiger partial charge in [-0.1, -0.05) is 0 Å². The Bertz CT molecular complexity index is 788. The molecule has 0 saturated carbocycles. The highest BCUT2D eigenvalue weighted by atomic mass is 15.3. The van der Waals surface area contributed by atoms with Gasteiger partial charge >= 0.3 is 0 Å². The molecule has 0 spiro atoms. The summed E-state index contributed by atoms with van der Waals surface area (Å²) < 4.78 is 3.85. The molecule has 7 nitrogen and oxygen atoms in total. The zero-order valence-corrected chi connectivity index (χ0v) is 12.1. The SMILES string of the molecule is Cc1cnn(C2CCN(c3ncnc4c3cnn4C)C2)c1. The van der Waals surface area contributed by atoms with E-state index in [-0.39, 0.29) is 0 Å². The van der Waals surface area contributed by atoms with E-state index in [1.54, 1.807) is 11.0 Å². The summed E-state index contributed by atoms with van der Waals surface area (Å²) in [6.45, 7) is 3.96. The Labute approximate surface area is 122 Å². The predicted molar refractivity (Wildman–Crippen MR) is 79.1 cm³/mol. The van der Waals surface area contributed by atoms with Gasteiger partial charge in [0.25, 0.3) is 0 Å². The van der Waals surface area contributed by atoms with Crippen molar-refractivity contribution in [2.24, 2.45) is 7.05 Å². The Morgan fingerprint density at radius 3 is 2.90 bits per heavy atom. The summed E-state index contributed by atoms with van der Waals surface area (Å²) in [5, 5.41) is 9.72. The van der Waals surface area contributed by atoms with Crippen LogP contribution >= 0.6 is 0 Å². The maximum atomic E-state index is 4.47. The largest absolute Gasteiger partial charge is 0.354 e. The van der Waals surface area contributed by atoms with Gasteiger partial charge in [0.1, 0.15) is 12.1 Å². The standard InChI is InChI=1S/C14H17N7/c1-10-5-18-21(7-10)11-3-4-20(8-11)14-12-6-17-19(2)13(12)15-9-16-14/h5-7,9,11H,3-4,8H2,1-2H3. The molecule has 1 saturated heterocycles. The number of fused-ring (bicyclic) bond motifs is 1. The highest BCUT2D eigenvalue weighted by molar-refractivity contribution is 5.86. The van der Waals surface area contributed by atoms with E-state index in [9.17, 15) is 0 Å². The minimum atomic E-state index is 0.403. The average Bonchev–Trinajstić information content (AvgIpc) is 3.19. The summed E-state index contributed by atoms with van der Waals surface area (Å²) in [7, 11) is 1.90. The van der Waals surface area contributed by atoms with Crippen molar-refractivity contribution in [3.63, 3.8) is 0 Å². The molecule has 0 radical (unpaired) electrons. The van der Waals surface area contributed by atoms with Gasteiger partial charge in [0.2, 0.25) is 0 Å². The normalized spacial score (nSPS) is 18.8. The lowest BCUT2D eigenvalue weighted by atomic mass is 10.3. The van der Waals surface area contributed by atoms with Gasteiger partial charge in [-0.3, -0.25) is 9.36 Å². The minimum absolute atomic E-state index is 0.403. The zero-order valence-electron chi connectivity index (χ0n) is 12.1. The first-order valence-electron chi connectivity index (χ1n) is 7.11. The minimum Gasteiger partial charge on any atom is -0.354 e. The van der Waals surface area contributed by atoms with Crippen LogP contribution in [0.4, 0.5) is 5.82 Å². The Hall–Kier alpha value is -2.44. The summed E-state index contributed by atoms with van der Waals surface area (Å²) in [6.07, 6.45) is 8.55. The Morgan fingerprint density at radius 1 is 1.19 bits per heavy atom. The lowest BCUT2D eigenvalue weighted by molar-refractivity contribution is 0.494. The molecule has 0 bridgehead atoms. The quantitative estimate of drug-likeness (QED) is 0.709. The summed E-state index contributed by atoms with van der Waals surface area (Å²) in [5.41, 5.74) is 2.07. The fourth-order valence-corrected chi connectivity index (χ4v) is 2.98. The zero-order chi connectivity index (χ0) is 14.4. The first kappa shape index (κ1) is 12.3. The summed E-state index contributed by atoms with van der Waals surface area (Å²) in [4.78, 5) is 11.1. The van der Waals surface area contributed by atoms with Gasteiger partial charge in [-0.2, -0.15) is 10.2 Å². The first-order valence-corrected chi connectivity index (χ1v) is 7.11. The molecule has 0 amide bonds. The fraction of sp³-hybridized carbons (Fsp3) is 0.429. The second kappa shape index (κ2) is 4.54. The fourth-order valence-electron chi connectivity index (χ4n) is 2.98. The van der Waals surface area contributed by atoms with Crippen molar-refractivity contribution in [2.75, 3.05) is 18.0 Å². The lowest BCUT2D eigenvalue weighted by Gasteiger charge is -2.18. The third kappa shape index (κ3) is 1.96. The summed E-state index contributed by atoms with van der Waals surface area (Å²) in [5.74, 6) is 0.972. The molecule has 4 rings (SSSR count). The number of aromatic nitrogens is 6. The van der Waals surface area contributed by atoms with E-state index in [1.165, 1.54) is 5.56 Å². The molecule has 108 valence electrons. The van der Waals surface area contributed by atoms with E-state index < -0.39 is 0 Å². The van der Waals surface area contributed by atoms with E-state index in [2.05, 4.69) is 42.9 Å². The highest BCUT2D eigenvalue weighted by Crippen LogP contribution is 2.29. The topological polar surface area (TPSA) is 64.7 Å². The van der Waals surface area contributed by atoms with Crippen molar-refractivity contribution >= 4 is 16.9 Å². The maximum Gasteiger partial charge on any atom is 0.163 e. The van der Waals surface area contributed by atoms with E-state index >= 15 is 0 Å². The van der Waals surface area contributed by atoms with Gasteiger partial charge in [-0.25, -0.2) is 9.97 Å². The van der Waals surface area contributed by atoms with E-state index in [4.69, 9.17) is 0 Å². The molecule has 1 unspecified atom stereocenters. The molecule has 1 atom stereocenters. The van der Waals surface area contributed by atoms with Crippen molar-refractivity contribution < 1.29 is 0 Å². The van der Waals surface area contributed by atoms with Crippen LogP contribution in [0.1, 0.15) is 18.0 Å². The maximum absolute atomic E-state index is 4.47. The van der Waals surface area contributed by atoms with Crippen LogP contribution in [0.25, 0.3) is 11.0 Å². The molecule has 3 aromatic rings. The number of hydrogen-bond acceptors (Lipinski definition) is 5. The van der Waals surface area contributed by atoms with Gasteiger partial charge in [-0.15, -0.1) is 0 Å². The number of hydrogen-bond donors (Lipinski definition) is 0. The van der Waals surface area contributed by atoms with Gasteiger partial charge in [0, 0.05) is 26.3 Å². The Kier molecular flexibility index (Phi) is 2.66. The van der Waals surface area contributed by atoms with E-state index in [0.29, 0.717) is 6.04 Å². The van der Waals surface area contributed by atoms with Crippen molar-refractivity contribution in [1.82, 2.24) is 29.5 Å². The molecule has 0 aromatic carbocycles. The summed E-state index contributed by atoms with van der Waals surface area (Å²) >= 11 is 0. The van der Waals surface area contributed by atoms with Crippen LogP contribution in [0.5, 0.6) is 0 Å². The third-order valence-corrected chi connectivity index (χ3v) is 4.08. The van der Waals surface area contributed by atoms with Crippen LogP contribution in [-0.2, 0) is 7.05 Å². The number of aryl methyl sites for hydroxylation is 2. The second-order valence-electron chi connectivity index (χ2n) is 5.59. The van der Waals surface area contributed by atoms with Gasteiger partial charge in [0.15, 0.2) is 5.65 Å². The number of anilines is 1. The van der Waals surface area contributed by atoms with Gasteiger partial charge in [-0.05, 0) is 18.9 Å². The van der Waals surface area contributed by atoms with Crippen molar-refractivity contribution in [1.29, 1.82) is 0 Å². The van der Waals surface area contributed by atoms with E-state index in [1.807, 2.05) is 19.4 Å². The molecule has 4 heterocycles. The summed E-state index contributed by atoms with van der Waals surface area (Å²) in [6, 6.07) is 0.403. The molecular weight excluding hydrogens is 266 g/mol. The van der Waals surface area contributed by atoms with E-state index in [0.717, 1.165) is 36.4 Å². The monoisotopic (exact) mass is 283 g/mol. The van der Waals surface area contributed by atoms with Gasteiger partial charge in [0.05, 0.1) is 23.8 Å². The molecular formula is C14H17N7. The molecule has 1 aliphatic heterocycles. The Morgan fingerprint density at radius 2 is 2.10 bits per heavy atom. The molecule has 0 N–H and O–H groups in total. The van der Waals surface area contributed by atoms with Crippen LogP contribution in [0.15, 0.2) is 24.9 Å². The Balaban J connectivity index is 1.65. The molecule has 1 fully saturated rings.